The topological polar surface area (TPSA) is 9.23 Å². The van der Waals surface area contributed by atoms with E-state index in [2.05, 4.69) is 13.8 Å². The van der Waals surface area contributed by atoms with Crippen LogP contribution >= 0.6 is 0 Å². The molecule has 0 aromatic carbocycles. The summed E-state index contributed by atoms with van der Waals surface area (Å²) < 4.78 is 5.85. The van der Waals surface area contributed by atoms with Crippen LogP contribution in [0.2, 0.25) is 0 Å². The highest BCUT2D eigenvalue weighted by molar-refractivity contribution is 4.96. The Morgan fingerprint density at radius 3 is 2.36 bits per heavy atom. The van der Waals surface area contributed by atoms with Crippen molar-refractivity contribution in [3.05, 3.63) is 0 Å². The Balaban J connectivity index is 1.93. The minimum Gasteiger partial charge on any atom is -0.375 e. The van der Waals surface area contributed by atoms with Crippen molar-refractivity contribution in [2.45, 2.75) is 45.1 Å². The summed E-state index contributed by atoms with van der Waals surface area (Å²) in [4.78, 5) is 0. The van der Waals surface area contributed by atoms with Gasteiger partial charge in [0.2, 0.25) is 0 Å². The molecule has 1 unspecified atom stereocenters. The largest absolute Gasteiger partial charge is 0.375 e. The molecule has 64 valence electrons. The number of ether oxygens (including phenoxy) is 1. The van der Waals surface area contributed by atoms with E-state index in [0.29, 0.717) is 5.60 Å². The van der Waals surface area contributed by atoms with Crippen molar-refractivity contribution >= 4 is 0 Å². The van der Waals surface area contributed by atoms with Crippen molar-refractivity contribution in [3.63, 3.8) is 0 Å². The van der Waals surface area contributed by atoms with Gasteiger partial charge in [-0.05, 0) is 37.5 Å². The summed E-state index contributed by atoms with van der Waals surface area (Å²) >= 11 is 0. The van der Waals surface area contributed by atoms with Crippen molar-refractivity contribution in [3.8, 4) is 0 Å². The van der Waals surface area contributed by atoms with Gasteiger partial charge in [-0.25, -0.2) is 0 Å². The number of rotatable bonds is 1. The molecular formula is C10H18O. The predicted molar refractivity (Wildman–Crippen MR) is 45.5 cm³/mol. The van der Waals surface area contributed by atoms with Gasteiger partial charge in [-0.15, -0.1) is 0 Å². The molecular weight excluding hydrogens is 136 g/mol. The van der Waals surface area contributed by atoms with Crippen LogP contribution in [0.4, 0.5) is 0 Å². The Kier molecular flexibility index (Phi) is 1.71. The average Bonchev–Trinajstić information content (AvgIpc) is 2.28. The van der Waals surface area contributed by atoms with E-state index < -0.39 is 0 Å². The summed E-state index contributed by atoms with van der Waals surface area (Å²) in [6, 6.07) is 0. The van der Waals surface area contributed by atoms with Gasteiger partial charge in [-0.2, -0.15) is 0 Å². The van der Waals surface area contributed by atoms with Crippen LogP contribution in [0.3, 0.4) is 0 Å². The second-order valence-electron chi connectivity index (χ2n) is 4.56. The lowest BCUT2D eigenvalue weighted by atomic mass is 9.74. The molecule has 2 fully saturated rings. The summed E-state index contributed by atoms with van der Waals surface area (Å²) in [5.74, 6) is 1.66. The molecule has 2 rings (SSSR count). The van der Waals surface area contributed by atoms with Crippen LogP contribution in [-0.4, -0.2) is 12.2 Å². The molecule has 1 saturated carbocycles. The molecule has 1 saturated heterocycles. The highest BCUT2D eigenvalue weighted by atomic mass is 16.5. The Morgan fingerprint density at radius 2 is 2.09 bits per heavy atom. The van der Waals surface area contributed by atoms with Crippen LogP contribution < -0.4 is 0 Å². The zero-order valence-corrected chi connectivity index (χ0v) is 7.60. The van der Waals surface area contributed by atoms with E-state index in [0.717, 1.165) is 18.4 Å². The smallest absolute Gasteiger partial charge is 0.0686 e. The summed E-state index contributed by atoms with van der Waals surface area (Å²) in [6.45, 7) is 5.65. The van der Waals surface area contributed by atoms with E-state index in [9.17, 15) is 0 Å². The Hall–Kier alpha value is -0.0400. The maximum absolute atomic E-state index is 5.85. The van der Waals surface area contributed by atoms with E-state index in [4.69, 9.17) is 4.74 Å². The van der Waals surface area contributed by atoms with E-state index in [-0.39, 0.29) is 0 Å². The predicted octanol–water partition coefficient (Wildman–Crippen LogP) is 2.60. The van der Waals surface area contributed by atoms with E-state index in [1.807, 2.05) is 0 Å². The van der Waals surface area contributed by atoms with Crippen molar-refractivity contribution in [1.82, 2.24) is 0 Å². The highest BCUT2D eigenvalue weighted by Crippen LogP contribution is 2.46. The molecule has 1 aliphatic carbocycles. The molecule has 2 aliphatic rings. The number of hydrogen-bond acceptors (Lipinski definition) is 1. The molecule has 0 radical (unpaired) electrons. The lowest BCUT2D eigenvalue weighted by molar-refractivity contribution is -0.0565. The molecule has 1 spiro atoms. The van der Waals surface area contributed by atoms with Crippen LogP contribution in [0.1, 0.15) is 39.5 Å². The van der Waals surface area contributed by atoms with Gasteiger partial charge in [0.25, 0.3) is 0 Å². The zero-order valence-electron chi connectivity index (χ0n) is 7.60. The van der Waals surface area contributed by atoms with Gasteiger partial charge < -0.3 is 4.74 Å². The lowest BCUT2D eigenvalue weighted by Gasteiger charge is -2.37. The molecule has 11 heavy (non-hydrogen) atoms. The maximum Gasteiger partial charge on any atom is 0.0686 e. The normalized spacial score (nSPS) is 34.6. The number of hydrogen-bond donors (Lipinski definition) is 0. The SMILES string of the molecule is CC(C)C1COC2(CCC2)C1. The van der Waals surface area contributed by atoms with Gasteiger partial charge in [-0.1, -0.05) is 13.8 Å². The van der Waals surface area contributed by atoms with Crippen molar-refractivity contribution in [2.75, 3.05) is 6.61 Å². The fourth-order valence-corrected chi connectivity index (χ4v) is 2.23. The summed E-state index contributed by atoms with van der Waals surface area (Å²) in [5, 5.41) is 0. The van der Waals surface area contributed by atoms with E-state index in [1.165, 1.54) is 25.7 Å². The molecule has 0 aromatic heterocycles. The van der Waals surface area contributed by atoms with E-state index in [1.54, 1.807) is 0 Å². The van der Waals surface area contributed by atoms with Crippen LogP contribution in [-0.2, 0) is 4.74 Å². The third-order valence-electron chi connectivity index (χ3n) is 3.45. The van der Waals surface area contributed by atoms with Crippen LogP contribution in [0.5, 0.6) is 0 Å². The molecule has 0 bridgehead atoms. The van der Waals surface area contributed by atoms with Crippen LogP contribution in [0, 0.1) is 11.8 Å². The first-order chi connectivity index (χ1) is 5.22. The molecule has 1 nitrogen and oxygen atoms in total. The molecule has 1 aliphatic heterocycles. The van der Waals surface area contributed by atoms with Crippen LogP contribution in [0.15, 0.2) is 0 Å². The lowest BCUT2D eigenvalue weighted by Crippen LogP contribution is -2.36. The first-order valence-electron chi connectivity index (χ1n) is 4.86. The Labute approximate surface area is 69.1 Å². The second kappa shape index (κ2) is 2.48. The Morgan fingerprint density at radius 1 is 1.36 bits per heavy atom. The molecule has 0 amide bonds. The van der Waals surface area contributed by atoms with Gasteiger partial charge in [0.05, 0.1) is 12.2 Å². The average molecular weight is 154 g/mol. The summed E-state index contributed by atoms with van der Waals surface area (Å²) in [6.07, 6.45) is 5.39. The molecule has 1 atom stereocenters. The quantitative estimate of drug-likeness (QED) is 0.564. The fourth-order valence-electron chi connectivity index (χ4n) is 2.23. The molecule has 0 aromatic rings. The second-order valence-corrected chi connectivity index (χ2v) is 4.56. The van der Waals surface area contributed by atoms with Gasteiger partial charge >= 0.3 is 0 Å². The standard InChI is InChI=1S/C10H18O/c1-8(2)9-6-10(11-7-9)4-3-5-10/h8-9H,3-7H2,1-2H3. The van der Waals surface area contributed by atoms with Gasteiger partial charge in [0.1, 0.15) is 0 Å². The van der Waals surface area contributed by atoms with Gasteiger partial charge in [0.15, 0.2) is 0 Å². The third-order valence-corrected chi connectivity index (χ3v) is 3.45. The third kappa shape index (κ3) is 1.20. The summed E-state index contributed by atoms with van der Waals surface area (Å²) in [5.41, 5.74) is 0.370. The maximum atomic E-state index is 5.85. The Bertz CT molecular complexity index is 147. The van der Waals surface area contributed by atoms with Gasteiger partial charge in [0, 0.05) is 0 Å². The van der Waals surface area contributed by atoms with Crippen molar-refractivity contribution in [2.24, 2.45) is 11.8 Å². The van der Waals surface area contributed by atoms with E-state index >= 15 is 0 Å². The van der Waals surface area contributed by atoms with Crippen LogP contribution in [0.25, 0.3) is 0 Å². The van der Waals surface area contributed by atoms with Gasteiger partial charge in [-0.3, -0.25) is 0 Å². The highest BCUT2D eigenvalue weighted by Gasteiger charge is 2.45. The van der Waals surface area contributed by atoms with Crippen molar-refractivity contribution < 1.29 is 4.74 Å². The zero-order chi connectivity index (χ0) is 7.90. The molecule has 0 N–H and O–H groups in total. The first kappa shape index (κ1) is 7.60. The minimum absolute atomic E-state index is 0.370. The minimum atomic E-state index is 0.370. The monoisotopic (exact) mass is 154 g/mol. The molecule has 1 heteroatoms. The van der Waals surface area contributed by atoms with Crippen molar-refractivity contribution in [1.29, 1.82) is 0 Å². The fraction of sp³-hybridized carbons (Fsp3) is 1.00. The first-order valence-corrected chi connectivity index (χ1v) is 4.86. The molecule has 1 heterocycles. The summed E-state index contributed by atoms with van der Waals surface area (Å²) in [7, 11) is 0.